The first-order valence-electron chi connectivity index (χ1n) is 9.39. The van der Waals surface area contributed by atoms with Crippen LogP contribution in [0, 0.1) is 0 Å². The van der Waals surface area contributed by atoms with Crippen LogP contribution >= 0.6 is 11.8 Å². The molecule has 144 valence electrons. The summed E-state index contributed by atoms with van der Waals surface area (Å²) in [4.78, 5) is 11.4. The Kier molecular flexibility index (Phi) is 6.90. The Hall–Kier alpha value is -2.56. The third-order valence-electron chi connectivity index (χ3n) is 4.91. The van der Waals surface area contributed by atoms with E-state index in [0.29, 0.717) is 12.2 Å². The summed E-state index contributed by atoms with van der Waals surface area (Å²) in [5, 5.41) is 12.3. The first-order chi connectivity index (χ1) is 13.7. The number of nitrogens with one attached hydrogen (secondary N) is 1. The second-order valence-electron chi connectivity index (χ2n) is 6.60. The molecule has 2 N–H and O–H groups in total. The van der Waals surface area contributed by atoms with E-state index >= 15 is 0 Å². The molecule has 0 aliphatic heterocycles. The lowest BCUT2D eigenvalue weighted by Crippen LogP contribution is -2.35. The minimum Gasteiger partial charge on any atom is -0.480 e. The molecule has 0 saturated heterocycles. The van der Waals surface area contributed by atoms with Gasteiger partial charge in [-0.3, -0.25) is 4.79 Å². The van der Waals surface area contributed by atoms with E-state index in [1.165, 1.54) is 16.7 Å². The standard InChI is InChI=1S/C24H25NO2S/c1-25-22(23(26)27)17-18-28-24(19-11-5-2-6-12-19,20-13-7-3-8-14-20)21-15-9-4-10-16-21/h2-16,22,25H,17-18H2,1H3,(H,26,27). The average molecular weight is 392 g/mol. The molecule has 3 aromatic carbocycles. The highest BCUT2D eigenvalue weighted by atomic mass is 32.2. The van der Waals surface area contributed by atoms with E-state index < -0.39 is 16.8 Å². The number of benzene rings is 3. The van der Waals surface area contributed by atoms with Crippen LogP contribution in [0.3, 0.4) is 0 Å². The molecule has 0 aliphatic rings. The molecule has 0 fully saturated rings. The molecule has 1 unspecified atom stereocenters. The first-order valence-corrected chi connectivity index (χ1v) is 10.4. The summed E-state index contributed by atoms with van der Waals surface area (Å²) in [5.41, 5.74) is 3.57. The Morgan fingerprint density at radius 2 is 1.25 bits per heavy atom. The van der Waals surface area contributed by atoms with Crippen molar-refractivity contribution in [2.45, 2.75) is 17.2 Å². The molecule has 0 bridgehead atoms. The van der Waals surface area contributed by atoms with E-state index in [9.17, 15) is 9.90 Å². The van der Waals surface area contributed by atoms with Crippen molar-refractivity contribution in [3.8, 4) is 0 Å². The highest BCUT2D eigenvalue weighted by Gasteiger charge is 2.37. The van der Waals surface area contributed by atoms with Crippen molar-refractivity contribution in [3.05, 3.63) is 108 Å². The van der Waals surface area contributed by atoms with Crippen LogP contribution in [0.15, 0.2) is 91.0 Å². The lowest BCUT2D eigenvalue weighted by atomic mass is 9.84. The molecule has 0 amide bonds. The smallest absolute Gasteiger partial charge is 0.320 e. The molecule has 3 rings (SSSR count). The van der Waals surface area contributed by atoms with Crippen molar-refractivity contribution in [3.63, 3.8) is 0 Å². The lowest BCUT2D eigenvalue weighted by molar-refractivity contribution is -0.139. The summed E-state index contributed by atoms with van der Waals surface area (Å²) in [5.74, 6) is -0.107. The fraction of sp³-hybridized carbons (Fsp3) is 0.208. The third-order valence-corrected chi connectivity index (χ3v) is 6.49. The van der Waals surface area contributed by atoms with Crippen molar-refractivity contribution < 1.29 is 9.90 Å². The quantitative estimate of drug-likeness (QED) is 0.516. The molecule has 0 saturated carbocycles. The van der Waals surface area contributed by atoms with Crippen LogP contribution in [0.25, 0.3) is 0 Å². The topological polar surface area (TPSA) is 49.3 Å². The predicted molar refractivity (Wildman–Crippen MR) is 117 cm³/mol. The summed E-state index contributed by atoms with van der Waals surface area (Å²) >= 11 is 1.79. The van der Waals surface area contributed by atoms with Gasteiger partial charge in [0.2, 0.25) is 0 Å². The fourth-order valence-electron chi connectivity index (χ4n) is 3.49. The summed E-state index contributed by atoms with van der Waals surface area (Å²) in [6, 6.07) is 30.8. The van der Waals surface area contributed by atoms with Gasteiger partial charge in [0.1, 0.15) is 6.04 Å². The maximum atomic E-state index is 11.4. The SMILES string of the molecule is CNC(CCSC(c1ccccc1)(c1ccccc1)c1ccccc1)C(=O)O. The normalized spacial score (nSPS) is 12.5. The lowest BCUT2D eigenvalue weighted by Gasteiger charge is -2.35. The van der Waals surface area contributed by atoms with Crippen LogP contribution in [0.1, 0.15) is 23.1 Å². The van der Waals surface area contributed by atoms with Crippen LogP contribution in [-0.4, -0.2) is 29.9 Å². The van der Waals surface area contributed by atoms with E-state index in [-0.39, 0.29) is 0 Å². The zero-order valence-electron chi connectivity index (χ0n) is 15.9. The average Bonchev–Trinajstić information content (AvgIpc) is 2.76. The Bertz CT molecular complexity index is 772. The van der Waals surface area contributed by atoms with Gasteiger partial charge in [0.25, 0.3) is 0 Å². The molecule has 0 aliphatic carbocycles. The zero-order chi connectivity index (χ0) is 19.8. The van der Waals surface area contributed by atoms with Crippen LogP contribution in [-0.2, 0) is 9.54 Å². The van der Waals surface area contributed by atoms with Gasteiger partial charge in [-0.1, -0.05) is 91.0 Å². The molecule has 4 heteroatoms. The Morgan fingerprint density at radius 1 is 0.857 bits per heavy atom. The number of hydrogen-bond acceptors (Lipinski definition) is 3. The van der Waals surface area contributed by atoms with Crippen LogP contribution in [0.4, 0.5) is 0 Å². The maximum Gasteiger partial charge on any atom is 0.320 e. The van der Waals surface area contributed by atoms with Crippen molar-refractivity contribution in [2.24, 2.45) is 0 Å². The summed E-state index contributed by atoms with van der Waals surface area (Å²) in [6.45, 7) is 0. The van der Waals surface area contributed by atoms with Crippen molar-refractivity contribution in [1.82, 2.24) is 5.32 Å². The van der Waals surface area contributed by atoms with E-state index in [0.717, 1.165) is 0 Å². The molecule has 0 spiro atoms. The number of hydrogen-bond donors (Lipinski definition) is 2. The van der Waals surface area contributed by atoms with E-state index in [2.05, 4.69) is 78.1 Å². The predicted octanol–water partition coefficient (Wildman–Crippen LogP) is 4.77. The fourth-order valence-corrected chi connectivity index (χ4v) is 5.06. The third kappa shape index (κ3) is 4.29. The highest BCUT2D eigenvalue weighted by molar-refractivity contribution is 8.00. The van der Waals surface area contributed by atoms with Gasteiger partial charge in [-0.25, -0.2) is 0 Å². The van der Waals surface area contributed by atoms with E-state index in [1.807, 2.05) is 18.2 Å². The van der Waals surface area contributed by atoms with Gasteiger partial charge in [0.05, 0.1) is 4.75 Å². The van der Waals surface area contributed by atoms with Gasteiger partial charge in [-0.2, -0.15) is 0 Å². The first kappa shape index (κ1) is 20.2. The molecular weight excluding hydrogens is 366 g/mol. The molecule has 0 heterocycles. The van der Waals surface area contributed by atoms with Crippen LogP contribution < -0.4 is 5.32 Å². The number of likely N-dealkylation sites (N-methyl/N-ethyl adjacent to an activating group) is 1. The molecular formula is C24H25NO2S. The van der Waals surface area contributed by atoms with Crippen molar-refractivity contribution >= 4 is 17.7 Å². The second kappa shape index (κ2) is 9.58. The Morgan fingerprint density at radius 3 is 1.57 bits per heavy atom. The van der Waals surface area contributed by atoms with E-state index in [4.69, 9.17) is 0 Å². The number of carbonyl (C=O) groups is 1. The Labute approximate surface area is 170 Å². The molecule has 0 aromatic heterocycles. The van der Waals surface area contributed by atoms with Gasteiger partial charge >= 0.3 is 5.97 Å². The molecule has 3 nitrogen and oxygen atoms in total. The molecule has 28 heavy (non-hydrogen) atoms. The number of carboxylic acids is 1. The van der Waals surface area contributed by atoms with Gasteiger partial charge in [0, 0.05) is 0 Å². The minimum atomic E-state index is -0.812. The van der Waals surface area contributed by atoms with Crippen LogP contribution in [0.5, 0.6) is 0 Å². The van der Waals surface area contributed by atoms with Crippen LogP contribution in [0.2, 0.25) is 0 Å². The van der Waals surface area contributed by atoms with Gasteiger partial charge in [0.15, 0.2) is 0 Å². The largest absolute Gasteiger partial charge is 0.480 e. The zero-order valence-corrected chi connectivity index (χ0v) is 16.7. The summed E-state index contributed by atoms with van der Waals surface area (Å²) in [6.07, 6.45) is 0.546. The molecule has 0 radical (unpaired) electrons. The van der Waals surface area contributed by atoms with Crippen molar-refractivity contribution in [1.29, 1.82) is 0 Å². The van der Waals surface area contributed by atoms with Gasteiger partial charge in [-0.15, -0.1) is 11.8 Å². The molecule has 3 aromatic rings. The number of rotatable bonds is 9. The molecule has 1 atom stereocenters. The van der Waals surface area contributed by atoms with Gasteiger partial charge in [-0.05, 0) is 35.9 Å². The summed E-state index contributed by atoms with van der Waals surface area (Å²) < 4.78 is -0.402. The highest BCUT2D eigenvalue weighted by Crippen LogP contribution is 2.48. The maximum absolute atomic E-state index is 11.4. The number of carboxylic acid groups (broad SMARTS) is 1. The number of thioether (sulfide) groups is 1. The van der Waals surface area contributed by atoms with Gasteiger partial charge < -0.3 is 10.4 Å². The number of aliphatic carboxylic acids is 1. The Balaban J connectivity index is 2.07. The monoisotopic (exact) mass is 391 g/mol. The second-order valence-corrected chi connectivity index (χ2v) is 7.91. The van der Waals surface area contributed by atoms with Crippen molar-refractivity contribution in [2.75, 3.05) is 12.8 Å². The minimum absolute atomic E-state index is 0.402. The summed E-state index contributed by atoms with van der Waals surface area (Å²) in [7, 11) is 1.70. The van der Waals surface area contributed by atoms with E-state index in [1.54, 1.807) is 18.8 Å².